The number of fused-ring (bicyclic) bond motifs is 1. The van der Waals surface area contributed by atoms with Gasteiger partial charge in [0.05, 0.1) is 17.8 Å². The summed E-state index contributed by atoms with van der Waals surface area (Å²) >= 11 is 0. The van der Waals surface area contributed by atoms with Gasteiger partial charge < -0.3 is 14.2 Å². The van der Waals surface area contributed by atoms with Crippen molar-refractivity contribution >= 4 is 17.9 Å². The molecule has 2 amide bonds. The van der Waals surface area contributed by atoms with Crippen LogP contribution in [0.25, 0.3) is 0 Å². The van der Waals surface area contributed by atoms with E-state index in [2.05, 4.69) is 5.16 Å². The van der Waals surface area contributed by atoms with E-state index in [1.165, 1.54) is 0 Å². The minimum Gasteiger partial charge on any atom is -0.444 e. The molecule has 0 aromatic carbocycles. The first-order valence-electron chi connectivity index (χ1n) is 8.99. The Morgan fingerprint density at radius 1 is 1.40 bits per heavy atom. The number of anilines is 1. The van der Waals surface area contributed by atoms with Gasteiger partial charge in [-0.15, -0.1) is 0 Å². The minimum absolute atomic E-state index is 0.0297. The monoisotopic (exact) mass is 349 g/mol. The van der Waals surface area contributed by atoms with E-state index in [1.807, 2.05) is 34.6 Å². The topological polar surface area (TPSA) is 75.9 Å². The van der Waals surface area contributed by atoms with Gasteiger partial charge in [-0.2, -0.15) is 0 Å². The van der Waals surface area contributed by atoms with Crippen molar-refractivity contribution in [3.05, 3.63) is 11.3 Å². The van der Waals surface area contributed by atoms with Crippen LogP contribution in [0.15, 0.2) is 4.52 Å². The summed E-state index contributed by atoms with van der Waals surface area (Å²) in [5.41, 5.74) is 1.11. The van der Waals surface area contributed by atoms with Gasteiger partial charge in [-0.25, -0.2) is 4.79 Å². The van der Waals surface area contributed by atoms with Crippen LogP contribution in [0.4, 0.5) is 10.7 Å². The Morgan fingerprint density at radius 3 is 2.72 bits per heavy atom. The number of rotatable bonds is 2. The second kappa shape index (κ2) is 6.35. The normalized spacial score (nSPS) is 23.8. The molecule has 0 saturated carbocycles. The Balaban J connectivity index is 1.83. The van der Waals surface area contributed by atoms with Crippen LogP contribution in [0.5, 0.6) is 0 Å². The summed E-state index contributed by atoms with van der Waals surface area (Å²) in [6.07, 6.45) is 1.90. The van der Waals surface area contributed by atoms with E-state index in [0.29, 0.717) is 25.4 Å². The number of amides is 2. The summed E-state index contributed by atoms with van der Waals surface area (Å²) in [4.78, 5) is 28.4. The molecule has 2 atom stereocenters. The molecule has 3 heterocycles. The van der Waals surface area contributed by atoms with Crippen LogP contribution < -0.4 is 4.90 Å². The van der Waals surface area contributed by atoms with Crippen molar-refractivity contribution in [1.29, 1.82) is 0 Å². The summed E-state index contributed by atoms with van der Waals surface area (Å²) in [5.74, 6) is 0.630. The molecule has 138 valence electrons. The molecule has 1 unspecified atom stereocenters. The molecule has 0 aliphatic carbocycles. The van der Waals surface area contributed by atoms with Crippen LogP contribution in [0.1, 0.15) is 58.7 Å². The highest BCUT2D eigenvalue weighted by atomic mass is 16.6. The molecule has 7 nitrogen and oxygen atoms in total. The lowest BCUT2D eigenvalue weighted by Crippen LogP contribution is -2.45. The zero-order valence-electron chi connectivity index (χ0n) is 15.7. The average Bonchev–Trinajstić information content (AvgIpc) is 3.07. The lowest BCUT2D eigenvalue weighted by molar-refractivity contribution is -0.120. The van der Waals surface area contributed by atoms with Gasteiger partial charge in [-0.3, -0.25) is 9.69 Å². The van der Waals surface area contributed by atoms with Crippen molar-refractivity contribution in [2.45, 2.75) is 72.1 Å². The van der Waals surface area contributed by atoms with E-state index >= 15 is 0 Å². The molecular formula is C18H27N3O4. The van der Waals surface area contributed by atoms with Gasteiger partial charge in [0.1, 0.15) is 5.60 Å². The Hall–Kier alpha value is -2.05. The molecular weight excluding hydrogens is 322 g/mol. The van der Waals surface area contributed by atoms with Gasteiger partial charge >= 0.3 is 6.09 Å². The first-order chi connectivity index (χ1) is 11.7. The molecule has 3 rings (SSSR count). The van der Waals surface area contributed by atoms with Gasteiger partial charge in [0.15, 0.2) is 0 Å². The first-order valence-corrected chi connectivity index (χ1v) is 8.99. The third kappa shape index (κ3) is 3.37. The van der Waals surface area contributed by atoms with E-state index in [4.69, 9.17) is 9.26 Å². The van der Waals surface area contributed by atoms with Crippen LogP contribution in [0.3, 0.4) is 0 Å². The smallest absolute Gasteiger partial charge is 0.410 e. The molecule has 1 saturated heterocycles. The summed E-state index contributed by atoms with van der Waals surface area (Å²) in [6.45, 7) is 10.5. The molecule has 1 fully saturated rings. The van der Waals surface area contributed by atoms with Crippen molar-refractivity contribution in [2.24, 2.45) is 5.92 Å². The molecule has 0 spiro atoms. The SMILES string of the molecule is CCC1CCN(c2onc3c2CN(C(=O)OC(C)(C)C)[C@@H](C)C3)C1=O. The quantitative estimate of drug-likeness (QED) is 0.820. The van der Waals surface area contributed by atoms with Crippen molar-refractivity contribution in [3.63, 3.8) is 0 Å². The third-order valence-corrected chi connectivity index (χ3v) is 4.88. The van der Waals surface area contributed by atoms with Crippen molar-refractivity contribution < 1.29 is 18.8 Å². The zero-order valence-corrected chi connectivity index (χ0v) is 15.7. The van der Waals surface area contributed by atoms with Gasteiger partial charge in [-0.1, -0.05) is 12.1 Å². The Kier molecular flexibility index (Phi) is 4.51. The summed E-state index contributed by atoms with van der Waals surface area (Å²) in [7, 11) is 0. The van der Waals surface area contributed by atoms with Crippen molar-refractivity contribution in [1.82, 2.24) is 10.1 Å². The number of hydrogen-bond donors (Lipinski definition) is 0. The lowest BCUT2D eigenvalue weighted by Gasteiger charge is -2.34. The van der Waals surface area contributed by atoms with Crippen molar-refractivity contribution in [3.8, 4) is 0 Å². The highest BCUT2D eigenvalue weighted by Crippen LogP contribution is 2.35. The zero-order chi connectivity index (χ0) is 18.4. The molecule has 0 radical (unpaired) electrons. The fourth-order valence-corrected chi connectivity index (χ4v) is 3.46. The number of ether oxygens (including phenoxy) is 1. The summed E-state index contributed by atoms with van der Waals surface area (Å²) in [6, 6.07) is -0.0297. The van der Waals surface area contributed by atoms with Crippen LogP contribution in [-0.2, 0) is 22.5 Å². The Labute approximate surface area is 148 Å². The first kappa shape index (κ1) is 17.8. The predicted octanol–water partition coefficient (Wildman–Crippen LogP) is 3.12. The Morgan fingerprint density at radius 2 is 2.12 bits per heavy atom. The van der Waals surface area contributed by atoms with E-state index in [0.717, 1.165) is 24.1 Å². The summed E-state index contributed by atoms with van der Waals surface area (Å²) < 4.78 is 11.0. The molecule has 1 aromatic heterocycles. The van der Waals surface area contributed by atoms with Crippen molar-refractivity contribution in [2.75, 3.05) is 11.4 Å². The third-order valence-electron chi connectivity index (χ3n) is 4.88. The van der Waals surface area contributed by atoms with E-state index in [9.17, 15) is 9.59 Å². The highest BCUT2D eigenvalue weighted by Gasteiger charge is 2.39. The van der Waals surface area contributed by atoms with Gasteiger partial charge in [-0.05, 0) is 40.5 Å². The number of carbonyl (C=O) groups excluding carboxylic acids is 2. The average molecular weight is 349 g/mol. The fraction of sp³-hybridized carbons (Fsp3) is 0.722. The summed E-state index contributed by atoms with van der Waals surface area (Å²) in [5, 5.41) is 4.16. The number of aromatic nitrogens is 1. The number of hydrogen-bond acceptors (Lipinski definition) is 5. The molecule has 2 aliphatic rings. The van der Waals surface area contributed by atoms with Crippen LogP contribution >= 0.6 is 0 Å². The largest absolute Gasteiger partial charge is 0.444 e. The molecule has 7 heteroatoms. The van der Waals surface area contributed by atoms with E-state index in [-0.39, 0.29) is 24.0 Å². The minimum atomic E-state index is -0.548. The maximum atomic E-state index is 12.5. The molecule has 25 heavy (non-hydrogen) atoms. The highest BCUT2D eigenvalue weighted by molar-refractivity contribution is 5.96. The van der Waals surface area contributed by atoms with Crippen LogP contribution in [0.2, 0.25) is 0 Å². The maximum absolute atomic E-state index is 12.5. The second-order valence-electron chi connectivity index (χ2n) is 7.96. The van der Waals surface area contributed by atoms with E-state index in [1.54, 1.807) is 9.80 Å². The van der Waals surface area contributed by atoms with Crippen LogP contribution in [0, 0.1) is 5.92 Å². The van der Waals surface area contributed by atoms with Gasteiger partial charge in [0, 0.05) is 24.9 Å². The predicted molar refractivity (Wildman–Crippen MR) is 92.2 cm³/mol. The van der Waals surface area contributed by atoms with Crippen LogP contribution in [-0.4, -0.2) is 40.2 Å². The number of nitrogens with zero attached hydrogens (tertiary/aromatic N) is 3. The molecule has 0 N–H and O–H groups in total. The second-order valence-corrected chi connectivity index (χ2v) is 7.96. The lowest BCUT2D eigenvalue weighted by atomic mass is 10.0. The molecule has 0 bridgehead atoms. The number of carbonyl (C=O) groups is 2. The fourth-order valence-electron chi connectivity index (χ4n) is 3.46. The van der Waals surface area contributed by atoms with Gasteiger partial charge in [0.25, 0.3) is 0 Å². The Bertz CT molecular complexity index is 676. The van der Waals surface area contributed by atoms with Gasteiger partial charge in [0.2, 0.25) is 11.8 Å². The maximum Gasteiger partial charge on any atom is 0.410 e. The standard InChI is InChI=1S/C18H27N3O4/c1-6-12-7-8-20(15(12)22)16-13-10-21(17(23)24-18(3,4)5)11(2)9-14(13)19-25-16/h11-12H,6-10H2,1-5H3/t11-,12?/m0/s1. The molecule has 1 aromatic rings. The van der Waals surface area contributed by atoms with E-state index < -0.39 is 5.60 Å². The molecule has 2 aliphatic heterocycles.